The van der Waals surface area contributed by atoms with Crippen molar-refractivity contribution < 1.29 is 14.3 Å². The summed E-state index contributed by atoms with van der Waals surface area (Å²) in [7, 11) is 1.62. The second kappa shape index (κ2) is 7.86. The van der Waals surface area contributed by atoms with Crippen LogP contribution in [0.2, 0.25) is 5.02 Å². The van der Waals surface area contributed by atoms with Crippen molar-refractivity contribution in [3.63, 3.8) is 0 Å². The number of benzene rings is 1. The Morgan fingerprint density at radius 2 is 2.26 bits per heavy atom. The van der Waals surface area contributed by atoms with E-state index in [4.69, 9.17) is 26.8 Å². The van der Waals surface area contributed by atoms with Crippen molar-refractivity contribution in [2.75, 3.05) is 26.0 Å². The first-order valence-corrected chi connectivity index (χ1v) is 6.40. The molecule has 0 aliphatic rings. The zero-order valence-corrected chi connectivity index (χ0v) is 11.9. The molecule has 0 aromatic heterocycles. The van der Waals surface area contributed by atoms with Gasteiger partial charge in [0.25, 0.3) is 5.91 Å². The summed E-state index contributed by atoms with van der Waals surface area (Å²) >= 11 is 5.79. The molecular weight excluding hydrogens is 268 g/mol. The molecule has 106 valence electrons. The molecule has 1 amide bonds. The zero-order chi connectivity index (χ0) is 14.3. The van der Waals surface area contributed by atoms with Gasteiger partial charge in [-0.15, -0.1) is 0 Å². The Kier molecular flexibility index (Phi) is 6.45. The number of hydrogen-bond acceptors (Lipinski definition) is 4. The molecule has 19 heavy (non-hydrogen) atoms. The standard InChI is InChI=1S/C13H19ClN2O3/c1-9(13(17)16-6-3-7-18-2)19-12-5-4-10(14)8-11(12)15/h4-5,8-9H,3,6-7,15H2,1-2H3,(H,16,17). The molecule has 6 heteroatoms. The Labute approximate surface area is 118 Å². The van der Waals surface area contributed by atoms with Crippen LogP contribution in [-0.2, 0) is 9.53 Å². The van der Waals surface area contributed by atoms with Crippen LogP contribution in [0.5, 0.6) is 5.75 Å². The van der Waals surface area contributed by atoms with Gasteiger partial charge in [0.05, 0.1) is 5.69 Å². The van der Waals surface area contributed by atoms with E-state index in [2.05, 4.69) is 5.32 Å². The third-order valence-electron chi connectivity index (χ3n) is 2.47. The molecule has 1 aromatic carbocycles. The van der Waals surface area contributed by atoms with Gasteiger partial charge in [0.15, 0.2) is 6.10 Å². The van der Waals surface area contributed by atoms with Crippen LogP contribution >= 0.6 is 11.6 Å². The van der Waals surface area contributed by atoms with Crippen LogP contribution in [0.4, 0.5) is 5.69 Å². The van der Waals surface area contributed by atoms with E-state index in [0.29, 0.717) is 29.6 Å². The maximum absolute atomic E-state index is 11.7. The highest BCUT2D eigenvalue weighted by molar-refractivity contribution is 6.30. The Bertz CT molecular complexity index is 426. The van der Waals surface area contributed by atoms with Crippen LogP contribution < -0.4 is 15.8 Å². The van der Waals surface area contributed by atoms with Gasteiger partial charge in [-0.1, -0.05) is 11.6 Å². The quantitative estimate of drug-likeness (QED) is 0.592. The summed E-state index contributed by atoms with van der Waals surface area (Å²) in [6.45, 7) is 2.83. The van der Waals surface area contributed by atoms with Crippen molar-refractivity contribution in [2.24, 2.45) is 0 Å². The lowest BCUT2D eigenvalue weighted by atomic mass is 10.3. The number of nitrogens with one attached hydrogen (secondary N) is 1. The summed E-state index contributed by atoms with van der Waals surface area (Å²) < 4.78 is 10.4. The number of amides is 1. The van der Waals surface area contributed by atoms with Crippen LogP contribution in [0.3, 0.4) is 0 Å². The summed E-state index contributed by atoms with van der Waals surface area (Å²) in [5.74, 6) is 0.259. The summed E-state index contributed by atoms with van der Waals surface area (Å²) in [5.41, 5.74) is 6.16. The number of anilines is 1. The molecule has 0 aliphatic carbocycles. The molecule has 5 nitrogen and oxygen atoms in total. The molecule has 0 heterocycles. The highest BCUT2D eigenvalue weighted by Crippen LogP contribution is 2.25. The molecule has 0 bridgehead atoms. The van der Waals surface area contributed by atoms with E-state index in [0.717, 1.165) is 6.42 Å². The predicted molar refractivity (Wildman–Crippen MR) is 75.5 cm³/mol. The molecule has 1 rings (SSSR count). The van der Waals surface area contributed by atoms with E-state index in [-0.39, 0.29) is 5.91 Å². The average molecular weight is 287 g/mol. The number of nitrogens with two attached hydrogens (primary N) is 1. The fourth-order valence-corrected chi connectivity index (χ4v) is 1.62. The van der Waals surface area contributed by atoms with Crippen LogP contribution in [0.15, 0.2) is 18.2 Å². The smallest absolute Gasteiger partial charge is 0.260 e. The predicted octanol–water partition coefficient (Wildman–Crippen LogP) is 1.84. The van der Waals surface area contributed by atoms with Gasteiger partial charge in [-0.05, 0) is 31.5 Å². The monoisotopic (exact) mass is 286 g/mol. The molecule has 0 saturated carbocycles. The Balaban J connectivity index is 2.45. The number of rotatable bonds is 7. The van der Waals surface area contributed by atoms with Crippen molar-refractivity contribution >= 4 is 23.2 Å². The third-order valence-corrected chi connectivity index (χ3v) is 2.70. The minimum atomic E-state index is -0.619. The van der Waals surface area contributed by atoms with Crippen molar-refractivity contribution in [3.05, 3.63) is 23.2 Å². The van der Waals surface area contributed by atoms with E-state index in [1.807, 2.05) is 0 Å². The van der Waals surface area contributed by atoms with Crippen LogP contribution in [0, 0.1) is 0 Å². The van der Waals surface area contributed by atoms with E-state index in [1.54, 1.807) is 32.2 Å². The van der Waals surface area contributed by atoms with Crippen molar-refractivity contribution in [3.8, 4) is 5.75 Å². The lowest BCUT2D eigenvalue weighted by molar-refractivity contribution is -0.127. The molecule has 1 aromatic rings. The van der Waals surface area contributed by atoms with Crippen LogP contribution in [0.25, 0.3) is 0 Å². The molecule has 0 aliphatic heterocycles. The van der Waals surface area contributed by atoms with Gasteiger partial charge < -0.3 is 20.5 Å². The van der Waals surface area contributed by atoms with Gasteiger partial charge in [-0.25, -0.2) is 0 Å². The normalized spacial score (nSPS) is 11.9. The highest BCUT2D eigenvalue weighted by Gasteiger charge is 2.15. The first-order chi connectivity index (χ1) is 9.04. The number of carbonyl (C=O) groups is 1. The summed E-state index contributed by atoms with van der Waals surface area (Å²) in [6.07, 6.45) is 0.143. The van der Waals surface area contributed by atoms with Crippen LogP contribution in [-0.4, -0.2) is 32.3 Å². The maximum atomic E-state index is 11.7. The topological polar surface area (TPSA) is 73.6 Å². The molecule has 3 N–H and O–H groups in total. The van der Waals surface area contributed by atoms with Crippen molar-refractivity contribution in [1.29, 1.82) is 0 Å². The molecule has 0 spiro atoms. The molecule has 1 unspecified atom stereocenters. The minimum Gasteiger partial charge on any atom is -0.479 e. The third kappa shape index (κ3) is 5.36. The summed E-state index contributed by atoms with van der Waals surface area (Å²) in [5, 5.41) is 3.29. The minimum absolute atomic E-state index is 0.189. The largest absolute Gasteiger partial charge is 0.479 e. The first kappa shape index (κ1) is 15.6. The number of carbonyl (C=O) groups excluding carboxylic acids is 1. The Morgan fingerprint density at radius 1 is 1.53 bits per heavy atom. The first-order valence-electron chi connectivity index (χ1n) is 6.03. The average Bonchev–Trinajstić information content (AvgIpc) is 2.37. The molecular formula is C13H19ClN2O3. The zero-order valence-electron chi connectivity index (χ0n) is 11.1. The fourth-order valence-electron chi connectivity index (χ4n) is 1.44. The second-order valence-corrected chi connectivity index (χ2v) is 4.52. The summed E-state index contributed by atoms with van der Waals surface area (Å²) in [6, 6.07) is 4.89. The second-order valence-electron chi connectivity index (χ2n) is 4.08. The van der Waals surface area contributed by atoms with E-state index < -0.39 is 6.10 Å². The number of nitrogen functional groups attached to an aromatic ring is 1. The number of halogens is 1. The fraction of sp³-hybridized carbons (Fsp3) is 0.462. The number of hydrogen-bond donors (Lipinski definition) is 2. The SMILES string of the molecule is COCCCNC(=O)C(C)Oc1ccc(Cl)cc1N. The molecule has 1 atom stereocenters. The van der Waals surface area contributed by atoms with Gasteiger partial charge in [0, 0.05) is 25.3 Å². The van der Waals surface area contributed by atoms with E-state index in [9.17, 15) is 4.79 Å². The maximum Gasteiger partial charge on any atom is 0.260 e. The van der Waals surface area contributed by atoms with Crippen LogP contribution in [0.1, 0.15) is 13.3 Å². The summed E-state index contributed by atoms with van der Waals surface area (Å²) in [4.78, 5) is 11.7. The molecule has 0 radical (unpaired) electrons. The van der Waals surface area contributed by atoms with E-state index in [1.165, 1.54) is 0 Å². The Morgan fingerprint density at radius 3 is 2.89 bits per heavy atom. The van der Waals surface area contributed by atoms with Gasteiger partial charge in [-0.2, -0.15) is 0 Å². The molecule has 0 fully saturated rings. The number of methoxy groups -OCH3 is 1. The van der Waals surface area contributed by atoms with Gasteiger partial charge >= 0.3 is 0 Å². The Hall–Kier alpha value is -1.46. The lowest BCUT2D eigenvalue weighted by Gasteiger charge is -2.16. The van der Waals surface area contributed by atoms with Gasteiger partial charge in [-0.3, -0.25) is 4.79 Å². The van der Waals surface area contributed by atoms with Crippen molar-refractivity contribution in [2.45, 2.75) is 19.4 Å². The number of ether oxygens (including phenoxy) is 2. The highest BCUT2D eigenvalue weighted by atomic mass is 35.5. The molecule has 0 saturated heterocycles. The van der Waals surface area contributed by atoms with Gasteiger partial charge in [0.2, 0.25) is 0 Å². The van der Waals surface area contributed by atoms with E-state index >= 15 is 0 Å². The lowest BCUT2D eigenvalue weighted by Crippen LogP contribution is -2.37. The van der Waals surface area contributed by atoms with Gasteiger partial charge in [0.1, 0.15) is 5.75 Å². The van der Waals surface area contributed by atoms with Crippen molar-refractivity contribution in [1.82, 2.24) is 5.32 Å².